The molecule has 0 saturated carbocycles. The highest BCUT2D eigenvalue weighted by atomic mass is 15.1. The zero-order valence-corrected chi connectivity index (χ0v) is 7.91. The van der Waals surface area contributed by atoms with Crippen molar-refractivity contribution in [2.24, 2.45) is 0 Å². The zero-order chi connectivity index (χ0) is 9.26. The number of fused-ring (bicyclic) bond motifs is 1. The van der Waals surface area contributed by atoms with E-state index in [0.717, 1.165) is 23.0 Å². The van der Waals surface area contributed by atoms with Gasteiger partial charge in [-0.1, -0.05) is 13.8 Å². The Hall–Kier alpha value is -1.38. The lowest BCUT2D eigenvalue weighted by Gasteiger charge is -2.06. The van der Waals surface area contributed by atoms with Gasteiger partial charge in [-0.2, -0.15) is 5.10 Å². The van der Waals surface area contributed by atoms with Crippen LogP contribution in [0.2, 0.25) is 0 Å². The Kier molecular flexibility index (Phi) is 2.00. The van der Waals surface area contributed by atoms with Crippen LogP contribution in [0.3, 0.4) is 0 Å². The third kappa shape index (κ3) is 1.41. The van der Waals surface area contributed by atoms with Crippen molar-refractivity contribution in [1.82, 2.24) is 15.2 Å². The molecule has 0 fully saturated rings. The number of rotatable bonds is 2. The minimum absolute atomic E-state index is 0.521. The molecule has 0 amide bonds. The number of aromatic nitrogens is 3. The van der Waals surface area contributed by atoms with E-state index >= 15 is 0 Å². The Balaban J connectivity index is 2.48. The van der Waals surface area contributed by atoms with Crippen LogP contribution in [-0.4, -0.2) is 15.2 Å². The Bertz CT molecular complexity index is 405. The fourth-order valence-corrected chi connectivity index (χ4v) is 1.33. The maximum absolute atomic E-state index is 4.39. The molecule has 2 aromatic rings. The van der Waals surface area contributed by atoms with Crippen LogP contribution in [0.15, 0.2) is 18.5 Å². The second-order valence-corrected chi connectivity index (χ2v) is 3.38. The monoisotopic (exact) mass is 175 g/mol. The summed E-state index contributed by atoms with van der Waals surface area (Å²) in [5.74, 6) is 0.521. The molecule has 0 radical (unpaired) electrons. The van der Waals surface area contributed by atoms with Crippen molar-refractivity contribution in [3.8, 4) is 0 Å². The standard InChI is InChI=1S/C10H13N3/c1-3-7(2)9-4-10-8(5-11-9)6-12-13-10/h4-7H,3H2,1-2H3,(H,12,13). The van der Waals surface area contributed by atoms with Crippen molar-refractivity contribution in [2.45, 2.75) is 26.2 Å². The Morgan fingerprint density at radius 3 is 3.08 bits per heavy atom. The molecule has 0 aliphatic carbocycles. The predicted octanol–water partition coefficient (Wildman–Crippen LogP) is 2.47. The van der Waals surface area contributed by atoms with Gasteiger partial charge < -0.3 is 0 Å². The summed E-state index contributed by atoms with van der Waals surface area (Å²) in [4.78, 5) is 4.39. The molecule has 1 atom stereocenters. The van der Waals surface area contributed by atoms with Crippen molar-refractivity contribution < 1.29 is 0 Å². The molecule has 2 aromatic heterocycles. The molecular weight excluding hydrogens is 162 g/mol. The normalized spacial score (nSPS) is 13.4. The van der Waals surface area contributed by atoms with Crippen molar-refractivity contribution >= 4 is 10.9 Å². The van der Waals surface area contributed by atoms with Crippen molar-refractivity contribution in [1.29, 1.82) is 0 Å². The van der Waals surface area contributed by atoms with E-state index in [9.17, 15) is 0 Å². The van der Waals surface area contributed by atoms with Crippen molar-refractivity contribution in [3.05, 3.63) is 24.2 Å². The lowest BCUT2D eigenvalue weighted by atomic mass is 10.0. The summed E-state index contributed by atoms with van der Waals surface area (Å²) in [6.07, 6.45) is 4.79. The number of hydrogen-bond donors (Lipinski definition) is 1. The van der Waals surface area contributed by atoms with E-state index < -0.39 is 0 Å². The summed E-state index contributed by atoms with van der Waals surface area (Å²) in [5.41, 5.74) is 2.21. The predicted molar refractivity (Wildman–Crippen MR) is 52.6 cm³/mol. The highest BCUT2D eigenvalue weighted by Gasteiger charge is 2.05. The van der Waals surface area contributed by atoms with E-state index in [1.165, 1.54) is 0 Å². The maximum atomic E-state index is 4.39. The first-order valence-electron chi connectivity index (χ1n) is 4.60. The highest BCUT2D eigenvalue weighted by Crippen LogP contribution is 2.19. The second-order valence-electron chi connectivity index (χ2n) is 3.38. The van der Waals surface area contributed by atoms with Crippen LogP contribution in [0.25, 0.3) is 10.9 Å². The summed E-state index contributed by atoms with van der Waals surface area (Å²) in [6, 6.07) is 2.08. The molecule has 68 valence electrons. The average Bonchev–Trinajstić information content (AvgIpc) is 2.63. The summed E-state index contributed by atoms with van der Waals surface area (Å²) in [7, 11) is 0. The Morgan fingerprint density at radius 2 is 2.31 bits per heavy atom. The lowest BCUT2D eigenvalue weighted by molar-refractivity contribution is 0.709. The van der Waals surface area contributed by atoms with Gasteiger partial charge in [-0.25, -0.2) is 0 Å². The number of hydrogen-bond acceptors (Lipinski definition) is 2. The van der Waals surface area contributed by atoms with Crippen LogP contribution in [0.1, 0.15) is 31.9 Å². The molecule has 1 N–H and O–H groups in total. The Morgan fingerprint density at radius 1 is 1.46 bits per heavy atom. The number of pyridine rings is 1. The summed E-state index contributed by atoms with van der Waals surface area (Å²) in [6.45, 7) is 4.36. The largest absolute Gasteiger partial charge is 0.278 e. The summed E-state index contributed by atoms with van der Waals surface area (Å²) in [5, 5.41) is 7.99. The molecule has 1 unspecified atom stereocenters. The number of nitrogens with zero attached hydrogens (tertiary/aromatic N) is 2. The minimum atomic E-state index is 0.521. The lowest BCUT2D eigenvalue weighted by Crippen LogP contribution is -1.94. The van der Waals surface area contributed by atoms with Gasteiger partial charge in [0.2, 0.25) is 0 Å². The van der Waals surface area contributed by atoms with Gasteiger partial charge >= 0.3 is 0 Å². The second kappa shape index (κ2) is 3.17. The molecule has 3 nitrogen and oxygen atoms in total. The van der Waals surface area contributed by atoms with Crippen LogP contribution in [0, 0.1) is 0 Å². The third-order valence-electron chi connectivity index (χ3n) is 2.46. The topological polar surface area (TPSA) is 41.6 Å². The van der Waals surface area contributed by atoms with Crippen LogP contribution in [0.4, 0.5) is 0 Å². The SMILES string of the molecule is CCC(C)c1cc2[nH]ncc2cn1. The highest BCUT2D eigenvalue weighted by molar-refractivity contribution is 5.76. The molecule has 0 aliphatic heterocycles. The van der Waals surface area contributed by atoms with Gasteiger partial charge in [0.1, 0.15) is 0 Å². The average molecular weight is 175 g/mol. The first-order chi connectivity index (χ1) is 6.31. The fourth-order valence-electron chi connectivity index (χ4n) is 1.33. The molecule has 0 aliphatic rings. The smallest absolute Gasteiger partial charge is 0.0684 e. The van der Waals surface area contributed by atoms with Crippen LogP contribution in [-0.2, 0) is 0 Å². The van der Waals surface area contributed by atoms with E-state index in [1.807, 2.05) is 6.20 Å². The first-order valence-corrected chi connectivity index (χ1v) is 4.60. The molecule has 0 bridgehead atoms. The van der Waals surface area contributed by atoms with Gasteiger partial charge in [-0.15, -0.1) is 0 Å². The summed E-state index contributed by atoms with van der Waals surface area (Å²) >= 11 is 0. The number of nitrogens with one attached hydrogen (secondary N) is 1. The van der Waals surface area contributed by atoms with E-state index in [2.05, 4.69) is 35.1 Å². The number of aromatic amines is 1. The molecule has 13 heavy (non-hydrogen) atoms. The van der Waals surface area contributed by atoms with Crippen molar-refractivity contribution in [3.63, 3.8) is 0 Å². The van der Waals surface area contributed by atoms with Gasteiger partial charge in [-0.05, 0) is 18.4 Å². The number of H-pyrrole nitrogens is 1. The minimum Gasteiger partial charge on any atom is -0.278 e. The van der Waals surface area contributed by atoms with Gasteiger partial charge in [0, 0.05) is 17.3 Å². The van der Waals surface area contributed by atoms with Gasteiger partial charge in [0.15, 0.2) is 0 Å². The third-order valence-corrected chi connectivity index (χ3v) is 2.46. The molecule has 3 heteroatoms. The van der Waals surface area contributed by atoms with Gasteiger partial charge in [-0.3, -0.25) is 10.1 Å². The van der Waals surface area contributed by atoms with Crippen molar-refractivity contribution in [2.75, 3.05) is 0 Å². The summed E-state index contributed by atoms with van der Waals surface area (Å²) < 4.78 is 0. The molecule has 0 spiro atoms. The van der Waals surface area contributed by atoms with E-state index in [4.69, 9.17) is 0 Å². The zero-order valence-electron chi connectivity index (χ0n) is 7.91. The molecular formula is C10H13N3. The molecule has 0 saturated heterocycles. The Labute approximate surface area is 77.2 Å². The van der Waals surface area contributed by atoms with Crippen LogP contribution in [0.5, 0.6) is 0 Å². The molecule has 2 heterocycles. The quantitative estimate of drug-likeness (QED) is 0.761. The van der Waals surface area contributed by atoms with Crippen LogP contribution < -0.4 is 0 Å². The van der Waals surface area contributed by atoms with Gasteiger partial charge in [0.25, 0.3) is 0 Å². The van der Waals surface area contributed by atoms with Crippen LogP contribution >= 0.6 is 0 Å². The maximum Gasteiger partial charge on any atom is 0.0684 e. The molecule has 0 aromatic carbocycles. The fraction of sp³-hybridized carbons (Fsp3) is 0.400. The van der Waals surface area contributed by atoms with E-state index in [-0.39, 0.29) is 0 Å². The molecule has 2 rings (SSSR count). The van der Waals surface area contributed by atoms with E-state index in [1.54, 1.807) is 6.20 Å². The van der Waals surface area contributed by atoms with E-state index in [0.29, 0.717) is 5.92 Å². The van der Waals surface area contributed by atoms with Gasteiger partial charge in [0.05, 0.1) is 11.7 Å². The first kappa shape index (κ1) is 8.23.